The van der Waals surface area contributed by atoms with E-state index in [1.807, 2.05) is 39.0 Å². The SMILES string of the molecule is CCOC(=O)c1ccc(-c2ccc(/C=c3/sc4n(c3=O)[C@@H](c3ccc(Cl)cc3)C(C(=O)N(CC)CC)=C(C)N=4)o2)cc1. The van der Waals surface area contributed by atoms with Gasteiger partial charge in [0, 0.05) is 29.8 Å². The summed E-state index contributed by atoms with van der Waals surface area (Å²) >= 11 is 7.41. The fourth-order valence-electron chi connectivity index (χ4n) is 4.94. The summed E-state index contributed by atoms with van der Waals surface area (Å²) in [5, 5.41) is 0.563. The highest BCUT2D eigenvalue weighted by molar-refractivity contribution is 7.07. The number of ether oxygens (including phenoxy) is 1. The number of furan rings is 1. The summed E-state index contributed by atoms with van der Waals surface area (Å²) < 4.78 is 13.1. The average molecular weight is 604 g/mol. The lowest BCUT2D eigenvalue weighted by atomic mass is 9.94. The first-order chi connectivity index (χ1) is 20.2. The van der Waals surface area contributed by atoms with Crippen LogP contribution in [-0.4, -0.2) is 41.0 Å². The number of nitrogens with zero attached hydrogens (tertiary/aromatic N) is 3. The number of carbonyl (C=O) groups is 2. The Morgan fingerprint density at radius 1 is 1.05 bits per heavy atom. The predicted molar refractivity (Wildman–Crippen MR) is 163 cm³/mol. The Bertz CT molecular complexity index is 1850. The number of aromatic nitrogens is 1. The quantitative estimate of drug-likeness (QED) is 0.258. The highest BCUT2D eigenvalue weighted by Crippen LogP contribution is 2.32. The first-order valence-corrected chi connectivity index (χ1v) is 14.9. The number of hydrogen-bond donors (Lipinski definition) is 0. The number of esters is 1. The summed E-state index contributed by atoms with van der Waals surface area (Å²) in [6, 6.07) is 17.1. The summed E-state index contributed by atoms with van der Waals surface area (Å²) in [5.74, 6) is 0.545. The summed E-state index contributed by atoms with van der Waals surface area (Å²) in [4.78, 5) is 46.5. The van der Waals surface area contributed by atoms with Crippen LogP contribution in [0.3, 0.4) is 0 Å². The van der Waals surface area contributed by atoms with E-state index >= 15 is 0 Å². The summed E-state index contributed by atoms with van der Waals surface area (Å²) in [6.07, 6.45) is 1.68. The van der Waals surface area contributed by atoms with Crippen molar-refractivity contribution in [3.8, 4) is 11.3 Å². The second kappa shape index (κ2) is 12.3. The number of allylic oxidation sites excluding steroid dienone is 1. The van der Waals surface area contributed by atoms with Crippen LogP contribution < -0.4 is 14.9 Å². The van der Waals surface area contributed by atoms with Crippen LogP contribution >= 0.6 is 22.9 Å². The van der Waals surface area contributed by atoms with Gasteiger partial charge in [0.05, 0.1) is 34.0 Å². The molecule has 1 aliphatic heterocycles. The van der Waals surface area contributed by atoms with Gasteiger partial charge in [-0.2, -0.15) is 0 Å². The van der Waals surface area contributed by atoms with Crippen molar-refractivity contribution >= 4 is 40.9 Å². The molecule has 0 aliphatic carbocycles. The minimum atomic E-state index is -0.654. The van der Waals surface area contributed by atoms with Crippen LogP contribution in [0, 0.1) is 0 Å². The molecule has 2 aromatic carbocycles. The second-order valence-corrected chi connectivity index (χ2v) is 11.1. The molecule has 1 atom stereocenters. The number of likely N-dealkylation sites (N-methyl/N-ethyl adjacent to an activating group) is 1. The molecule has 0 spiro atoms. The van der Waals surface area contributed by atoms with Crippen LogP contribution in [0.4, 0.5) is 0 Å². The molecule has 2 aromatic heterocycles. The third-order valence-corrected chi connectivity index (χ3v) is 8.30. The fraction of sp³-hybridized carbons (Fsp3) is 0.250. The number of thiazole rings is 1. The van der Waals surface area contributed by atoms with Crippen LogP contribution in [0.1, 0.15) is 55.4 Å². The van der Waals surface area contributed by atoms with Crippen LogP contribution in [-0.2, 0) is 9.53 Å². The molecule has 0 fully saturated rings. The van der Waals surface area contributed by atoms with Crippen LogP contribution in [0.5, 0.6) is 0 Å². The number of benzene rings is 2. The summed E-state index contributed by atoms with van der Waals surface area (Å²) in [5.41, 5.74) is 2.77. The lowest BCUT2D eigenvalue weighted by Crippen LogP contribution is -2.43. The van der Waals surface area contributed by atoms with Crippen molar-refractivity contribution in [3.63, 3.8) is 0 Å². The normalized spacial score (nSPS) is 14.9. The first-order valence-electron chi connectivity index (χ1n) is 13.7. The largest absolute Gasteiger partial charge is 0.462 e. The van der Waals surface area contributed by atoms with Crippen molar-refractivity contribution in [2.24, 2.45) is 4.99 Å². The average Bonchev–Trinajstić information content (AvgIpc) is 3.57. The van der Waals surface area contributed by atoms with Crippen LogP contribution in [0.25, 0.3) is 17.4 Å². The van der Waals surface area contributed by atoms with Crippen molar-refractivity contribution in [3.05, 3.63) is 114 Å². The molecule has 8 nitrogen and oxygen atoms in total. The number of hydrogen-bond acceptors (Lipinski definition) is 7. The van der Waals surface area contributed by atoms with Crippen molar-refractivity contribution in [1.29, 1.82) is 0 Å². The molecule has 0 radical (unpaired) electrons. The molecule has 0 unspecified atom stereocenters. The molecule has 1 amide bonds. The van der Waals surface area contributed by atoms with Gasteiger partial charge in [0.2, 0.25) is 0 Å². The van der Waals surface area contributed by atoms with Gasteiger partial charge in [-0.1, -0.05) is 47.2 Å². The van der Waals surface area contributed by atoms with Crippen molar-refractivity contribution in [2.75, 3.05) is 19.7 Å². The topological polar surface area (TPSA) is 94.1 Å². The van der Waals surface area contributed by atoms with Gasteiger partial charge < -0.3 is 14.1 Å². The molecule has 0 N–H and O–H groups in total. The number of carbonyl (C=O) groups excluding carboxylic acids is 2. The molecule has 3 heterocycles. The Balaban J connectivity index is 1.56. The predicted octanol–water partition coefficient (Wildman–Crippen LogP) is 5.19. The molecule has 0 bridgehead atoms. The van der Waals surface area contributed by atoms with Gasteiger partial charge in [-0.15, -0.1) is 0 Å². The Kier molecular flexibility index (Phi) is 8.61. The Morgan fingerprint density at radius 2 is 1.74 bits per heavy atom. The maximum absolute atomic E-state index is 13.9. The highest BCUT2D eigenvalue weighted by atomic mass is 35.5. The Hall–Kier alpha value is -4.21. The summed E-state index contributed by atoms with van der Waals surface area (Å²) in [7, 11) is 0. The lowest BCUT2D eigenvalue weighted by molar-refractivity contribution is -0.127. The summed E-state index contributed by atoms with van der Waals surface area (Å²) in [6.45, 7) is 8.81. The van der Waals surface area contributed by atoms with Gasteiger partial charge in [-0.25, -0.2) is 9.79 Å². The van der Waals surface area contributed by atoms with Crippen LogP contribution in [0.2, 0.25) is 5.02 Å². The lowest BCUT2D eigenvalue weighted by Gasteiger charge is -2.29. The van der Waals surface area contributed by atoms with Gasteiger partial charge >= 0.3 is 5.97 Å². The van der Waals surface area contributed by atoms with E-state index in [9.17, 15) is 14.4 Å². The monoisotopic (exact) mass is 603 g/mol. The molecule has 0 saturated carbocycles. The molecule has 0 saturated heterocycles. The van der Waals surface area contributed by atoms with Crippen molar-refractivity contribution in [2.45, 2.75) is 33.7 Å². The zero-order valence-electron chi connectivity index (χ0n) is 23.7. The van der Waals surface area contributed by atoms with Gasteiger partial charge in [0.15, 0.2) is 4.80 Å². The maximum atomic E-state index is 13.9. The number of rotatable bonds is 8. The van der Waals surface area contributed by atoms with Gasteiger partial charge in [-0.05, 0) is 69.7 Å². The number of fused-ring (bicyclic) bond motifs is 1. The third kappa shape index (κ3) is 5.62. The van der Waals surface area contributed by atoms with E-state index in [2.05, 4.69) is 0 Å². The Labute approximate surface area is 251 Å². The zero-order valence-corrected chi connectivity index (χ0v) is 25.3. The van der Waals surface area contributed by atoms with E-state index in [0.29, 0.717) is 62.4 Å². The second-order valence-electron chi connectivity index (χ2n) is 9.61. The standard InChI is InChI=1S/C32H30ClN3O5S/c1-5-35(6-2)30(38)27-19(4)34-32-36(28(27)21-12-14-23(33)15-13-21)29(37)26(42-32)18-24-16-17-25(41-24)20-8-10-22(11-9-20)31(39)40-7-3/h8-18,28H,5-7H2,1-4H3/b26-18+/t28-/m0/s1. The molecule has 4 aromatic rings. The van der Waals surface area contributed by atoms with Crippen molar-refractivity contribution in [1.82, 2.24) is 9.47 Å². The molecule has 10 heteroatoms. The first kappa shape index (κ1) is 29.3. The van der Waals surface area contributed by atoms with E-state index in [4.69, 9.17) is 25.7 Å². The molecular formula is C32H30ClN3O5S. The van der Waals surface area contributed by atoms with E-state index in [1.165, 1.54) is 11.3 Å². The third-order valence-electron chi connectivity index (χ3n) is 7.07. The van der Waals surface area contributed by atoms with E-state index in [0.717, 1.165) is 11.1 Å². The molecule has 1 aliphatic rings. The van der Waals surface area contributed by atoms with Gasteiger partial charge in [0.1, 0.15) is 11.5 Å². The molecule has 216 valence electrons. The van der Waals surface area contributed by atoms with E-state index < -0.39 is 6.04 Å². The van der Waals surface area contributed by atoms with Gasteiger partial charge in [-0.3, -0.25) is 14.2 Å². The molecule has 42 heavy (non-hydrogen) atoms. The van der Waals surface area contributed by atoms with Gasteiger partial charge in [0.25, 0.3) is 11.5 Å². The minimum absolute atomic E-state index is 0.153. The van der Waals surface area contributed by atoms with E-state index in [1.54, 1.807) is 64.9 Å². The van der Waals surface area contributed by atoms with Crippen LogP contribution in [0.15, 0.2) is 86.1 Å². The molecular weight excluding hydrogens is 574 g/mol. The minimum Gasteiger partial charge on any atom is -0.462 e. The smallest absolute Gasteiger partial charge is 0.338 e. The Morgan fingerprint density at radius 3 is 2.38 bits per heavy atom. The molecule has 5 rings (SSSR count). The maximum Gasteiger partial charge on any atom is 0.338 e. The number of amides is 1. The van der Waals surface area contributed by atoms with Crippen molar-refractivity contribution < 1.29 is 18.7 Å². The highest BCUT2D eigenvalue weighted by Gasteiger charge is 2.34. The zero-order chi connectivity index (χ0) is 30.0. The number of halogens is 1. The fourth-order valence-corrected chi connectivity index (χ4v) is 6.09. The van der Waals surface area contributed by atoms with E-state index in [-0.39, 0.29) is 17.4 Å².